The minimum Gasteiger partial charge on any atom is -0.496 e. The quantitative estimate of drug-likeness (QED) is 0.886. The molecule has 1 N–H and O–H groups in total. The molecule has 0 saturated heterocycles. The first-order chi connectivity index (χ1) is 10.6. The van der Waals surface area contributed by atoms with Gasteiger partial charge in [0.1, 0.15) is 11.3 Å². The first-order valence-corrected chi connectivity index (χ1v) is 7.07. The van der Waals surface area contributed by atoms with Gasteiger partial charge in [-0.15, -0.1) is 0 Å². The predicted octanol–water partition coefficient (Wildman–Crippen LogP) is 2.42. The number of methoxy groups -OCH3 is 1. The van der Waals surface area contributed by atoms with Gasteiger partial charge in [0.2, 0.25) is 0 Å². The fraction of sp³-hybridized carbons (Fsp3) is 0.312. The molecule has 0 fully saturated rings. The summed E-state index contributed by atoms with van der Waals surface area (Å²) < 4.78 is 6.49. The molecule has 2 rings (SSSR count). The average molecular weight is 302 g/mol. The van der Waals surface area contributed by atoms with Gasteiger partial charge < -0.3 is 9.84 Å². The van der Waals surface area contributed by atoms with Gasteiger partial charge in [-0.25, -0.2) is 9.48 Å². The molecule has 0 radical (unpaired) electrons. The van der Waals surface area contributed by atoms with Gasteiger partial charge in [-0.3, -0.25) is 4.79 Å². The van der Waals surface area contributed by atoms with Crippen LogP contribution < -0.4 is 10.3 Å². The lowest BCUT2D eigenvalue weighted by molar-refractivity contribution is 0.0693. The Morgan fingerprint density at radius 3 is 2.73 bits per heavy atom. The second-order valence-corrected chi connectivity index (χ2v) is 4.83. The van der Waals surface area contributed by atoms with Gasteiger partial charge >= 0.3 is 5.97 Å². The second-order valence-electron chi connectivity index (χ2n) is 4.83. The van der Waals surface area contributed by atoms with E-state index >= 15 is 0 Å². The van der Waals surface area contributed by atoms with Crippen molar-refractivity contribution in [2.45, 2.75) is 26.3 Å². The Morgan fingerprint density at radius 2 is 2.09 bits per heavy atom. The zero-order valence-electron chi connectivity index (χ0n) is 12.6. The van der Waals surface area contributed by atoms with Gasteiger partial charge in [0.05, 0.1) is 12.8 Å². The second kappa shape index (κ2) is 6.89. The smallest absolute Gasteiger partial charge is 0.341 e. The topological polar surface area (TPSA) is 81.4 Å². The Balaban J connectivity index is 2.63. The van der Waals surface area contributed by atoms with E-state index in [-0.39, 0.29) is 5.56 Å². The molecule has 1 aromatic heterocycles. The monoisotopic (exact) mass is 302 g/mol. The van der Waals surface area contributed by atoms with Crippen molar-refractivity contribution in [1.82, 2.24) is 9.78 Å². The maximum atomic E-state index is 12.1. The molecule has 0 aliphatic carbocycles. The SMILES string of the molecule is CCCCn1nc(-c2ccccc2OC)cc(C(=O)O)c1=O. The molecule has 0 spiro atoms. The summed E-state index contributed by atoms with van der Waals surface area (Å²) in [6.07, 6.45) is 1.64. The maximum absolute atomic E-state index is 12.1. The summed E-state index contributed by atoms with van der Waals surface area (Å²) in [4.78, 5) is 23.5. The molecule has 22 heavy (non-hydrogen) atoms. The molecule has 0 amide bonds. The number of unbranched alkanes of at least 4 members (excludes halogenated alkanes) is 1. The number of aromatic nitrogens is 2. The summed E-state index contributed by atoms with van der Waals surface area (Å²) in [5.41, 5.74) is 0.190. The summed E-state index contributed by atoms with van der Waals surface area (Å²) in [6, 6.07) is 8.46. The number of ether oxygens (including phenoxy) is 1. The molecule has 6 heteroatoms. The standard InChI is InChI=1S/C16H18N2O4/c1-3-4-9-18-15(19)12(16(20)21)10-13(17-18)11-7-5-6-8-14(11)22-2/h5-8,10H,3-4,9H2,1-2H3,(H,20,21). The summed E-state index contributed by atoms with van der Waals surface area (Å²) >= 11 is 0. The van der Waals surface area contributed by atoms with Crippen molar-refractivity contribution in [3.63, 3.8) is 0 Å². The van der Waals surface area contributed by atoms with Gasteiger partial charge in [0.15, 0.2) is 0 Å². The third-order valence-electron chi connectivity index (χ3n) is 3.31. The Kier molecular flexibility index (Phi) is 4.93. The van der Waals surface area contributed by atoms with Crippen LogP contribution in [0.1, 0.15) is 30.1 Å². The number of benzene rings is 1. The van der Waals surface area contributed by atoms with E-state index in [1.165, 1.54) is 17.9 Å². The number of rotatable bonds is 6. The molecule has 0 atom stereocenters. The third kappa shape index (κ3) is 3.16. The first kappa shape index (κ1) is 15.8. The van der Waals surface area contributed by atoms with E-state index in [0.717, 1.165) is 12.8 Å². The van der Waals surface area contributed by atoms with Gasteiger partial charge in [0, 0.05) is 12.1 Å². The largest absolute Gasteiger partial charge is 0.496 e. The Labute approximate surface area is 128 Å². The average Bonchev–Trinajstić information content (AvgIpc) is 2.53. The Morgan fingerprint density at radius 1 is 1.36 bits per heavy atom. The first-order valence-electron chi connectivity index (χ1n) is 7.07. The van der Waals surface area contributed by atoms with Crippen LogP contribution in [0.2, 0.25) is 0 Å². The molecule has 6 nitrogen and oxygen atoms in total. The van der Waals surface area contributed by atoms with Crippen molar-refractivity contribution >= 4 is 5.97 Å². The molecule has 0 unspecified atom stereocenters. The molecule has 1 heterocycles. The van der Waals surface area contributed by atoms with E-state index < -0.39 is 11.5 Å². The number of aryl methyl sites for hydroxylation is 1. The lowest BCUT2D eigenvalue weighted by atomic mass is 10.1. The van der Waals surface area contributed by atoms with Crippen molar-refractivity contribution < 1.29 is 14.6 Å². The zero-order chi connectivity index (χ0) is 16.1. The number of hydrogen-bond donors (Lipinski definition) is 1. The molecule has 0 saturated carbocycles. The van der Waals surface area contributed by atoms with Crippen molar-refractivity contribution in [2.24, 2.45) is 0 Å². The summed E-state index contributed by atoms with van der Waals surface area (Å²) in [5, 5.41) is 13.5. The predicted molar refractivity (Wildman–Crippen MR) is 82.4 cm³/mol. The lowest BCUT2D eigenvalue weighted by Crippen LogP contribution is -2.29. The molecular weight excluding hydrogens is 284 g/mol. The number of para-hydroxylation sites is 1. The van der Waals surface area contributed by atoms with Crippen LogP contribution >= 0.6 is 0 Å². The molecule has 0 bridgehead atoms. The van der Waals surface area contributed by atoms with Crippen LogP contribution in [0.5, 0.6) is 5.75 Å². The van der Waals surface area contributed by atoms with E-state index in [9.17, 15) is 14.7 Å². The van der Waals surface area contributed by atoms with Crippen molar-refractivity contribution in [3.8, 4) is 17.0 Å². The molecule has 0 aliphatic rings. The van der Waals surface area contributed by atoms with Crippen LogP contribution in [0, 0.1) is 0 Å². The van der Waals surface area contributed by atoms with E-state index in [0.29, 0.717) is 23.6 Å². The summed E-state index contributed by atoms with van der Waals surface area (Å²) in [6.45, 7) is 2.38. The number of carboxylic acids is 1. The molecule has 2 aromatic rings. The van der Waals surface area contributed by atoms with Crippen LogP contribution in [-0.2, 0) is 6.54 Å². The fourth-order valence-corrected chi connectivity index (χ4v) is 2.14. The maximum Gasteiger partial charge on any atom is 0.341 e. The van der Waals surface area contributed by atoms with Crippen LogP contribution in [0.3, 0.4) is 0 Å². The fourth-order valence-electron chi connectivity index (χ4n) is 2.14. The molecule has 0 aliphatic heterocycles. The van der Waals surface area contributed by atoms with Gasteiger partial charge in [-0.05, 0) is 24.6 Å². The van der Waals surface area contributed by atoms with Gasteiger partial charge in [-0.2, -0.15) is 5.10 Å². The number of aromatic carboxylic acids is 1. The lowest BCUT2D eigenvalue weighted by Gasteiger charge is -2.11. The third-order valence-corrected chi connectivity index (χ3v) is 3.31. The normalized spacial score (nSPS) is 10.5. The number of carbonyl (C=O) groups is 1. The van der Waals surface area contributed by atoms with Gasteiger partial charge in [-0.1, -0.05) is 25.5 Å². The van der Waals surface area contributed by atoms with Crippen LogP contribution in [-0.4, -0.2) is 28.0 Å². The van der Waals surface area contributed by atoms with Gasteiger partial charge in [0.25, 0.3) is 5.56 Å². The minimum absolute atomic E-state index is 0.285. The Hall–Kier alpha value is -2.63. The highest BCUT2D eigenvalue weighted by Crippen LogP contribution is 2.27. The van der Waals surface area contributed by atoms with Crippen molar-refractivity contribution in [3.05, 3.63) is 46.2 Å². The zero-order valence-corrected chi connectivity index (χ0v) is 12.6. The van der Waals surface area contributed by atoms with E-state index in [1.54, 1.807) is 12.1 Å². The highest BCUT2D eigenvalue weighted by atomic mass is 16.5. The number of nitrogens with zero attached hydrogens (tertiary/aromatic N) is 2. The highest BCUT2D eigenvalue weighted by Gasteiger charge is 2.17. The van der Waals surface area contributed by atoms with Crippen LogP contribution in [0.4, 0.5) is 0 Å². The molecule has 1 aromatic carbocycles. The molecule has 116 valence electrons. The van der Waals surface area contributed by atoms with Crippen LogP contribution in [0.15, 0.2) is 35.1 Å². The van der Waals surface area contributed by atoms with E-state index in [1.807, 2.05) is 19.1 Å². The Bertz CT molecular complexity index is 737. The number of hydrogen-bond acceptors (Lipinski definition) is 4. The highest BCUT2D eigenvalue weighted by molar-refractivity contribution is 5.88. The molecular formula is C16H18N2O4. The summed E-state index contributed by atoms with van der Waals surface area (Å²) in [5.74, 6) is -0.680. The van der Waals surface area contributed by atoms with Crippen molar-refractivity contribution in [2.75, 3.05) is 7.11 Å². The van der Waals surface area contributed by atoms with E-state index in [2.05, 4.69) is 5.10 Å². The minimum atomic E-state index is -1.26. The summed E-state index contributed by atoms with van der Waals surface area (Å²) in [7, 11) is 1.53. The van der Waals surface area contributed by atoms with Crippen LogP contribution in [0.25, 0.3) is 11.3 Å². The number of carboxylic acid groups (broad SMARTS) is 1. The van der Waals surface area contributed by atoms with Crippen molar-refractivity contribution in [1.29, 1.82) is 0 Å². The van der Waals surface area contributed by atoms with E-state index in [4.69, 9.17) is 4.74 Å².